The van der Waals surface area contributed by atoms with E-state index in [2.05, 4.69) is 4.98 Å². The summed E-state index contributed by atoms with van der Waals surface area (Å²) in [5.41, 5.74) is 2.77. The van der Waals surface area contributed by atoms with Crippen molar-refractivity contribution in [1.82, 2.24) is 4.98 Å². The number of hydrogen-bond donors (Lipinski definition) is 1. The molecule has 2 aromatic rings. The normalized spacial score (nSPS) is 18.7. The zero-order valence-corrected chi connectivity index (χ0v) is 7.92. The van der Waals surface area contributed by atoms with Gasteiger partial charge in [-0.2, -0.15) is 0 Å². The topological polar surface area (TPSA) is 46.3 Å². The second-order valence-electron chi connectivity index (χ2n) is 3.45. The number of aliphatic hydroxyl groups excluding tert-OH is 1. The second-order valence-corrected chi connectivity index (χ2v) is 3.45. The summed E-state index contributed by atoms with van der Waals surface area (Å²) in [5.74, 6) is 0.555. The highest BCUT2D eigenvalue weighted by molar-refractivity contribution is 5.81. The zero-order valence-electron chi connectivity index (χ0n) is 7.92. The lowest BCUT2D eigenvalue weighted by Gasteiger charge is -2.02. The Bertz CT molecular complexity index is 514. The van der Waals surface area contributed by atoms with Gasteiger partial charge in [-0.25, -0.2) is 4.98 Å². The molecule has 3 rings (SSSR count). The fourth-order valence-electron chi connectivity index (χ4n) is 1.88. The Kier molecular flexibility index (Phi) is 1.73. The third-order valence-electron chi connectivity index (χ3n) is 2.56. The summed E-state index contributed by atoms with van der Waals surface area (Å²) in [4.78, 5) is 4.09. The minimum Gasteiger partial charge on any atom is -0.445 e. The maximum Gasteiger partial charge on any atom is 0.226 e. The van der Waals surface area contributed by atoms with Gasteiger partial charge in [0.15, 0.2) is 0 Å². The number of nitrogens with zero attached hydrogens (tertiary/aromatic N) is 1. The third kappa shape index (κ3) is 1.21. The lowest BCUT2D eigenvalue weighted by atomic mass is 10.1. The van der Waals surface area contributed by atoms with Gasteiger partial charge < -0.3 is 9.52 Å². The molecule has 0 radical (unpaired) electrons. The van der Waals surface area contributed by atoms with Crippen LogP contribution in [0.5, 0.6) is 0 Å². The Morgan fingerprint density at radius 1 is 1.27 bits per heavy atom. The van der Waals surface area contributed by atoms with E-state index in [9.17, 15) is 5.11 Å². The molecule has 1 aliphatic rings. The summed E-state index contributed by atoms with van der Waals surface area (Å²) in [5, 5.41) is 9.80. The average Bonchev–Trinajstić information content (AvgIpc) is 2.87. The monoisotopic (exact) mass is 199 g/mol. The van der Waals surface area contributed by atoms with E-state index in [0.29, 0.717) is 5.89 Å². The molecule has 1 atom stereocenters. The minimum atomic E-state index is -0.553. The van der Waals surface area contributed by atoms with Crippen LogP contribution in [0.3, 0.4) is 0 Å². The van der Waals surface area contributed by atoms with E-state index >= 15 is 0 Å². The first-order chi connectivity index (χ1) is 7.36. The van der Waals surface area contributed by atoms with Gasteiger partial charge in [0.25, 0.3) is 0 Å². The van der Waals surface area contributed by atoms with Crippen molar-refractivity contribution < 1.29 is 9.52 Å². The number of aliphatic hydroxyl groups is 1. The average molecular weight is 199 g/mol. The van der Waals surface area contributed by atoms with E-state index in [4.69, 9.17) is 4.42 Å². The third-order valence-corrected chi connectivity index (χ3v) is 2.56. The molecule has 15 heavy (non-hydrogen) atoms. The molecule has 0 saturated heterocycles. The van der Waals surface area contributed by atoms with Crippen molar-refractivity contribution in [3.63, 3.8) is 0 Å². The summed E-state index contributed by atoms with van der Waals surface area (Å²) < 4.78 is 5.23. The molecular weight excluding hydrogens is 190 g/mol. The van der Waals surface area contributed by atoms with Crippen molar-refractivity contribution in [2.45, 2.75) is 6.10 Å². The zero-order chi connectivity index (χ0) is 10.3. The number of fused-ring (bicyclic) bond motifs is 1. The lowest BCUT2D eigenvalue weighted by molar-refractivity contribution is 0.232. The maximum atomic E-state index is 9.80. The SMILES string of the molecule is OC1C=C(c2ncco2)c2ccccc21. The van der Waals surface area contributed by atoms with Gasteiger partial charge in [-0.05, 0) is 17.2 Å². The minimum absolute atomic E-state index is 0.553. The Morgan fingerprint density at radius 2 is 2.13 bits per heavy atom. The molecule has 1 aliphatic carbocycles. The predicted molar refractivity (Wildman–Crippen MR) is 55.0 cm³/mol. The van der Waals surface area contributed by atoms with Crippen LogP contribution in [0, 0.1) is 0 Å². The fraction of sp³-hybridized carbons (Fsp3) is 0.0833. The Balaban J connectivity index is 2.17. The molecule has 1 N–H and O–H groups in total. The molecule has 0 fully saturated rings. The molecule has 0 bridgehead atoms. The maximum absolute atomic E-state index is 9.80. The quantitative estimate of drug-likeness (QED) is 0.765. The number of aromatic nitrogens is 1. The molecule has 1 aromatic carbocycles. The number of oxazole rings is 1. The molecule has 0 amide bonds. The van der Waals surface area contributed by atoms with E-state index in [1.54, 1.807) is 12.3 Å². The number of benzene rings is 1. The van der Waals surface area contributed by atoms with Crippen molar-refractivity contribution in [2.24, 2.45) is 0 Å². The van der Waals surface area contributed by atoms with Crippen molar-refractivity contribution in [3.05, 3.63) is 59.8 Å². The van der Waals surface area contributed by atoms with Crippen LogP contribution < -0.4 is 0 Å². The smallest absolute Gasteiger partial charge is 0.226 e. The summed E-state index contributed by atoms with van der Waals surface area (Å²) in [6.07, 6.45) is 4.34. The van der Waals surface area contributed by atoms with Crippen molar-refractivity contribution in [1.29, 1.82) is 0 Å². The van der Waals surface area contributed by atoms with Crippen LogP contribution in [0.25, 0.3) is 5.57 Å². The fourth-order valence-corrected chi connectivity index (χ4v) is 1.88. The molecule has 0 aliphatic heterocycles. The van der Waals surface area contributed by atoms with Gasteiger partial charge in [0.05, 0.1) is 12.3 Å². The standard InChI is InChI=1S/C12H9NO2/c14-11-7-10(12-13-5-6-15-12)8-3-1-2-4-9(8)11/h1-7,11,14H. The molecule has 0 spiro atoms. The summed E-state index contributed by atoms with van der Waals surface area (Å²) in [6.45, 7) is 0. The number of rotatable bonds is 1. The molecule has 1 aromatic heterocycles. The number of hydrogen-bond acceptors (Lipinski definition) is 3. The van der Waals surface area contributed by atoms with E-state index in [1.165, 1.54) is 6.26 Å². The van der Waals surface area contributed by atoms with Gasteiger partial charge in [0.2, 0.25) is 5.89 Å². The molecule has 3 heteroatoms. The van der Waals surface area contributed by atoms with Gasteiger partial charge >= 0.3 is 0 Å². The van der Waals surface area contributed by atoms with Gasteiger partial charge in [0.1, 0.15) is 6.26 Å². The van der Waals surface area contributed by atoms with Crippen LogP contribution in [0.4, 0.5) is 0 Å². The second kappa shape index (κ2) is 3.07. The lowest BCUT2D eigenvalue weighted by Crippen LogP contribution is -1.89. The van der Waals surface area contributed by atoms with E-state index in [1.807, 2.05) is 24.3 Å². The predicted octanol–water partition coefficient (Wildman–Crippen LogP) is 2.15. The van der Waals surface area contributed by atoms with Crippen LogP contribution >= 0.6 is 0 Å². The molecular formula is C12H9NO2. The van der Waals surface area contributed by atoms with Gasteiger partial charge in [-0.3, -0.25) is 0 Å². The first-order valence-corrected chi connectivity index (χ1v) is 4.75. The van der Waals surface area contributed by atoms with Gasteiger partial charge in [-0.1, -0.05) is 24.3 Å². The van der Waals surface area contributed by atoms with Crippen LogP contribution in [-0.2, 0) is 0 Å². The molecule has 1 unspecified atom stereocenters. The molecule has 1 heterocycles. The van der Waals surface area contributed by atoms with Crippen molar-refractivity contribution >= 4 is 5.57 Å². The summed E-state index contributed by atoms with van der Waals surface area (Å²) in [7, 11) is 0. The molecule has 74 valence electrons. The first kappa shape index (κ1) is 8.44. The highest BCUT2D eigenvalue weighted by Crippen LogP contribution is 2.37. The van der Waals surface area contributed by atoms with E-state index in [-0.39, 0.29) is 0 Å². The first-order valence-electron chi connectivity index (χ1n) is 4.75. The van der Waals surface area contributed by atoms with Crippen LogP contribution in [0.15, 0.2) is 47.2 Å². The van der Waals surface area contributed by atoms with Crippen LogP contribution in [-0.4, -0.2) is 10.1 Å². The Labute approximate surface area is 86.7 Å². The van der Waals surface area contributed by atoms with Crippen LogP contribution in [0.1, 0.15) is 23.1 Å². The Morgan fingerprint density at radius 3 is 2.93 bits per heavy atom. The van der Waals surface area contributed by atoms with E-state index < -0.39 is 6.10 Å². The Hall–Kier alpha value is -1.87. The summed E-state index contributed by atoms with van der Waals surface area (Å²) in [6, 6.07) is 7.72. The van der Waals surface area contributed by atoms with Crippen molar-refractivity contribution in [2.75, 3.05) is 0 Å². The van der Waals surface area contributed by atoms with Gasteiger partial charge in [-0.15, -0.1) is 0 Å². The molecule has 0 saturated carbocycles. The summed E-state index contributed by atoms with van der Waals surface area (Å²) >= 11 is 0. The molecule has 3 nitrogen and oxygen atoms in total. The van der Waals surface area contributed by atoms with Gasteiger partial charge in [0, 0.05) is 5.57 Å². The van der Waals surface area contributed by atoms with Crippen LogP contribution in [0.2, 0.25) is 0 Å². The highest BCUT2D eigenvalue weighted by atomic mass is 16.3. The van der Waals surface area contributed by atoms with E-state index in [0.717, 1.165) is 16.7 Å². The van der Waals surface area contributed by atoms with Crippen molar-refractivity contribution in [3.8, 4) is 0 Å². The highest BCUT2D eigenvalue weighted by Gasteiger charge is 2.23. The largest absolute Gasteiger partial charge is 0.445 e.